The van der Waals surface area contributed by atoms with E-state index in [-0.39, 0.29) is 24.4 Å². The van der Waals surface area contributed by atoms with Gasteiger partial charge in [0.25, 0.3) is 0 Å². The van der Waals surface area contributed by atoms with Crippen molar-refractivity contribution in [1.29, 1.82) is 0 Å². The summed E-state index contributed by atoms with van der Waals surface area (Å²) in [6.07, 6.45) is 0. The smallest absolute Gasteiger partial charge is 0.335 e. The molecule has 0 saturated heterocycles. The van der Waals surface area contributed by atoms with E-state index in [0.717, 1.165) is 5.56 Å². The maximum absolute atomic E-state index is 11.7. The SMILES string of the molecule is C=C(C(=O)OCc1ccccc1)C(C)N(C)C.[Cl-]. The molecule has 18 heavy (non-hydrogen) atoms. The second kappa shape index (κ2) is 7.90. The topological polar surface area (TPSA) is 29.5 Å². The Morgan fingerprint density at radius 3 is 2.39 bits per heavy atom. The Hall–Kier alpha value is -1.32. The van der Waals surface area contributed by atoms with E-state index in [1.807, 2.05) is 56.3 Å². The van der Waals surface area contributed by atoms with Crippen molar-refractivity contribution >= 4 is 5.97 Å². The fourth-order valence-corrected chi connectivity index (χ4v) is 1.30. The quantitative estimate of drug-likeness (QED) is 0.519. The second-order valence-corrected chi connectivity index (χ2v) is 4.23. The van der Waals surface area contributed by atoms with Crippen LogP contribution < -0.4 is 12.4 Å². The number of benzene rings is 1. The molecule has 1 atom stereocenters. The molecule has 0 aliphatic rings. The fraction of sp³-hybridized carbons (Fsp3) is 0.357. The lowest BCUT2D eigenvalue weighted by Gasteiger charge is -2.20. The van der Waals surface area contributed by atoms with Crippen molar-refractivity contribution in [3.8, 4) is 0 Å². The number of likely N-dealkylation sites (N-methyl/N-ethyl adjacent to an activating group) is 1. The molecule has 0 heterocycles. The highest BCUT2D eigenvalue weighted by atomic mass is 35.5. The van der Waals surface area contributed by atoms with Crippen LogP contribution in [0.3, 0.4) is 0 Å². The molecule has 0 radical (unpaired) electrons. The van der Waals surface area contributed by atoms with E-state index < -0.39 is 0 Å². The molecular weight excluding hydrogens is 250 g/mol. The van der Waals surface area contributed by atoms with E-state index in [0.29, 0.717) is 12.2 Å². The van der Waals surface area contributed by atoms with Gasteiger partial charge in [0.2, 0.25) is 0 Å². The second-order valence-electron chi connectivity index (χ2n) is 4.23. The molecule has 0 spiro atoms. The van der Waals surface area contributed by atoms with Gasteiger partial charge in [-0.3, -0.25) is 0 Å². The van der Waals surface area contributed by atoms with Crippen molar-refractivity contribution in [2.45, 2.75) is 19.6 Å². The number of halogens is 1. The molecule has 4 heteroatoms. The first-order valence-electron chi connectivity index (χ1n) is 5.58. The maximum atomic E-state index is 11.7. The van der Waals surface area contributed by atoms with Gasteiger partial charge in [-0.2, -0.15) is 0 Å². The number of esters is 1. The van der Waals surface area contributed by atoms with E-state index in [1.165, 1.54) is 0 Å². The number of hydrogen-bond acceptors (Lipinski definition) is 3. The third kappa shape index (κ3) is 4.90. The molecule has 3 nitrogen and oxygen atoms in total. The lowest BCUT2D eigenvalue weighted by molar-refractivity contribution is -0.140. The number of ether oxygens (including phenoxy) is 1. The molecule has 0 N–H and O–H groups in total. The zero-order valence-corrected chi connectivity index (χ0v) is 11.8. The molecule has 1 aromatic rings. The highest BCUT2D eigenvalue weighted by Gasteiger charge is 2.17. The molecule has 0 fully saturated rings. The minimum atomic E-state index is -0.338. The third-order valence-corrected chi connectivity index (χ3v) is 2.75. The number of rotatable bonds is 5. The molecule has 0 aromatic heterocycles. The average molecular weight is 269 g/mol. The number of carbonyl (C=O) groups is 1. The molecule has 0 amide bonds. The first kappa shape index (κ1) is 16.7. The Balaban J connectivity index is 0.00000289. The van der Waals surface area contributed by atoms with Crippen molar-refractivity contribution in [3.05, 3.63) is 48.0 Å². The van der Waals surface area contributed by atoms with Crippen LogP contribution in [0.15, 0.2) is 42.5 Å². The largest absolute Gasteiger partial charge is 1.00 e. The van der Waals surface area contributed by atoms with Crippen LogP contribution in [-0.4, -0.2) is 31.0 Å². The van der Waals surface area contributed by atoms with Gasteiger partial charge in [-0.25, -0.2) is 4.79 Å². The molecule has 0 bridgehead atoms. The summed E-state index contributed by atoms with van der Waals surface area (Å²) in [6.45, 7) is 5.99. The highest BCUT2D eigenvalue weighted by molar-refractivity contribution is 5.88. The summed E-state index contributed by atoms with van der Waals surface area (Å²) in [5, 5.41) is 0. The predicted octanol–water partition coefficient (Wildman–Crippen LogP) is -0.760. The van der Waals surface area contributed by atoms with E-state index >= 15 is 0 Å². The Bertz CT molecular complexity index is 390. The third-order valence-electron chi connectivity index (χ3n) is 2.75. The maximum Gasteiger partial charge on any atom is 0.335 e. The summed E-state index contributed by atoms with van der Waals surface area (Å²) in [4.78, 5) is 13.6. The number of nitrogens with zero attached hydrogens (tertiary/aromatic N) is 1. The summed E-state index contributed by atoms with van der Waals surface area (Å²) in [6, 6.07) is 9.59. The molecule has 100 valence electrons. The van der Waals surface area contributed by atoms with Gasteiger partial charge in [0.15, 0.2) is 0 Å². The standard InChI is InChI=1S/C14H19NO2.ClH/c1-11(12(2)15(3)4)14(16)17-10-13-8-6-5-7-9-13;/h5-9,12H,1,10H2,2-4H3;1H/p-1. The van der Waals surface area contributed by atoms with Gasteiger partial charge in [-0.15, -0.1) is 0 Å². The zero-order chi connectivity index (χ0) is 12.8. The molecule has 1 unspecified atom stereocenters. The van der Waals surface area contributed by atoms with Crippen molar-refractivity contribution in [1.82, 2.24) is 4.90 Å². The summed E-state index contributed by atoms with van der Waals surface area (Å²) in [7, 11) is 3.81. The van der Waals surface area contributed by atoms with Crippen LogP contribution in [0, 0.1) is 0 Å². The first-order chi connectivity index (χ1) is 8.02. The van der Waals surface area contributed by atoms with Crippen molar-refractivity contribution in [3.63, 3.8) is 0 Å². The Labute approximate surface area is 115 Å². The van der Waals surface area contributed by atoms with E-state index in [4.69, 9.17) is 4.74 Å². The predicted molar refractivity (Wildman–Crippen MR) is 68.5 cm³/mol. The van der Waals surface area contributed by atoms with Crippen molar-refractivity contribution in [2.75, 3.05) is 14.1 Å². The normalized spacial score (nSPS) is 11.6. The lowest BCUT2D eigenvalue weighted by atomic mass is 10.1. The monoisotopic (exact) mass is 268 g/mol. The Kier molecular flexibility index (Phi) is 7.32. The van der Waals surface area contributed by atoms with E-state index in [2.05, 4.69) is 6.58 Å². The summed E-state index contributed by atoms with van der Waals surface area (Å²) >= 11 is 0. The Morgan fingerprint density at radius 1 is 1.33 bits per heavy atom. The molecule has 1 aromatic carbocycles. The molecule has 0 aliphatic carbocycles. The van der Waals surface area contributed by atoms with Crippen LogP contribution in [0.25, 0.3) is 0 Å². The summed E-state index contributed by atoms with van der Waals surface area (Å²) in [5.74, 6) is -0.338. The van der Waals surface area contributed by atoms with Gasteiger partial charge in [-0.1, -0.05) is 36.9 Å². The average Bonchev–Trinajstić information content (AvgIpc) is 2.35. The summed E-state index contributed by atoms with van der Waals surface area (Å²) < 4.78 is 5.20. The Morgan fingerprint density at radius 2 is 1.89 bits per heavy atom. The van der Waals surface area contributed by atoms with E-state index in [9.17, 15) is 4.79 Å². The van der Waals surface area contributed by atoms with Crippen LogP contribution in [0.2, 0.25) is 0 Å². The molecular formula is C14H19ClNO2-. The summed E-state index contributed by atoms with van der Waals surface area (Å²) in [5.41, 5.74) is 1.46. The minimum Gasteiger partial charge on any atom is -1.00 e. The molecule has 0 aliphatic heterocycles. The van der Waals surface area contributed by atoms with Gasteiger partial charge in [0.05, 0.1) is 0 Å². The lowest BCUT2D eigenvalue weighted by Crippen LogP contribution is -3.00. The van der Waals surface area contributed by atoms with Crippen LogP contribution in [-0.2, 0) is 16.1 Å². The van der Waals surface area contributed by atoms with E-state index in [1.54, 1.807) is 0 Å². The number of carbonyl (C=O) groups excluding carboxylic acids is 1. The van der Waals surface area contributed by atoms with Crippen LogP contribution in [0.4, 0.5) is 0 Å². The van der Waals surface area contributed by atoms with Crippen LogP contribution in [0.1, 0.15) is 12.5 Å². The van der Waals surface area contributed by atoms with Gasteiger partial charge < -0.3 is 22.0 Å². The minimum absolute atomic E-state index is 0. The van der Waals surface area contributed by atoms with Crippen LogP contribution in [0.5, 0.6) is 0 Å². The van der Waals surface area contributed by atoms with Crippen LogP contribution >= 0.6 is 0 Å². The molecule has 1 rings (SSSR count). The van der Waals surface area contributed by atoms with Crippen molar-refractivity contribution < 1.29 is 21.9 Å². The van der Waals surface area contributed by atoms with Gasteiger partial charge in [0.1, 0.15) is 6.61 Å². The van der Waals surface area contributed by atoms with Gasteiger partial charge in [0, 0.05) is 11.6 Å². The van der Waals surface area contributed by atoms with Gasteiger partial charge in [-0.05, 0) is 26.6 Å². The van der Waals surface area contributed by atoms with Crippen molar-refractivity contribution in [2.24, 2.45) is 0 Å². The number of hydrogen-bond donors (Lipinski definition) is 0. The first-order valence-corrected chi connectivity index (χ1v) is 5.58. The zero-order valence-electron chi connectivity index (χ0n) is 11.0. The highest BCUT2D eigenvalue weighted by Crippen LogP contribution is 2.09. The fourth-order valence-electron chi connectivity index (χ4n) is 1.30. The molecule has 0 saturated carbocycles. The van der Waals surface area contributed by atoms with Gasteiger partial charge >= 0.3 is 5.97 Å².